The quantitative estimate of drug-likeness (QED) is 0.538. The van der Waals surface area contributed by atoms with E-state index in [2.05, 4.69) is 15.4 Å². The molecule has 0 saturated carbocycles. The molecule has 0 bridgehead atoms. The number of anilines is 3. The van der Waals surface area contributed by atoms with Gasteiger partial charge in [0.2, 0.25) is 5.91 Å². The van der Waals surface area contributed by atoms with E-state index in [4.69, 9.17) is 0 Å². The number of carbonyl (C=O) groups excluding carboxylic acids is 2. The topological polar surface area (TPSA) is 104 Å². The van der Waals surface area contributed by atoms with Crippen LogP contribution < -0.4 is 15.4 Å². The van der Waals surface area contributed by atoms with Gasteiger partial charge in [-0.05, 0) is 61.5 Å². The summed E-state index contributed by atoms with van der Waals surface area (Å²) in [4.78, 5) is 25.4. The lowest BCUT2D eigenvalue weighted by Crippen LogP contribution is -2.26. The molecule has 0 spiro atoms. The molecular formula is C22H19N3O4S2. The molecule has 0 unspecified atom stereocenters. The maximum absolute atomic E-state index is 12.6. The van der Waals surface area contributed by atoms with Crippen LogP contribution in [0.25, 0.3) is 0 Å². The molecule has 9 heteroatoms. The normalized spacial score (nSPS) is 15.5. The Hall–Kier alpha value is -3.30. The van der Waals surface area contributed by atoms with Crippen molar-refractivity contribution >= 4 is 50.7 Å². The van der Waals surface area contributed by atoms with Crippen LogP contribution in [0.5, 0.6) is 0 Å². The number of rotatable bonds is 5. The first-order valence-electron chi connectivity index (χ1n) is 9.43. The molecule has 0 aliphatic carbocycles. The predicted octanol–water partition coefficient (Wildman–Crippen LogP) is 4.17. The fraction of sp³-hybridized carbons (Fsp3) is 0.0909. The summed E-state index contributed by atoms with van der Waals surface area (Å²) >= 11 is 1.46. The van der Waals surface area contributed by atoms with E-state index in [0.29, 0.717) is 22.6 Å². The summed E-state index contributed by atoms with van der Waals surface area (Å²) < 4.78 is 27.5. The molecule has 0 radical (unpaired) electrons. The predicted molar refractivity (Wildman–Crippen MR) is 122 cm³/mol. The first kappa shape index (κ1) is 21.0. The minimum atomic E-state index is -3.76. The average molecular weight is 454 g/mol. The van der Waals surface area contributed by atoms with E-state index in [0.717, 1.165) is 4.90 Å². The van der Waals surface area contributed by atoms with Crippen LogP contribution in [0.1, 0.15) is 17.3 Å². The van der Waals surface area contributed by atoms with Gasteiger partial charge in [-0.25, -0.2) is 8.42 Å². The Bertz CT molecular complexity index is 1240. The van der Waals surface area contributed by atoms with Gasteiger partial charge in [0.05, 0.1) is 15.8 Å². The molecule has 1 atom stereocenters. The molecule has 2 amide bonds. The van der Waals surface area contributed by atoms with E-state index < -0.39 is 10.0 Å². The van der Waals surface area contributed by atoms with Crippen LogP contribution in [0.3, 0.4) is 0 Å². The van der Waals surface area contributed by atoms with E-state index in [9.17, 15) is 18.0 Å². The van der Waals surface area contributed by atoms with Crippen LogP contribution in [0, 0.1) is 0 Å². The van der Waals surface area contributed by atoms with Crippen molar-refractivity contribution < 1.29 is 18.0 Å². The van der Waals surface area contributed by atoms with Crippen molar-refractivity contribution in [3.63, 3.8) is 0 Å². The zero-order chi connectivity index (χ0) is 22.0. The smallest absolute Gasteiger partial charge is 0.261 e. The van der Waals surface area contributed by atoms with Gasteiger partial charge < -0.3 is 10.6 Å². The standard InChI is InChI=1S/C22H19N3O4S2/c1-14-21(26)24-19-13-17(9-12-20(19)30-14)23-22(27)15-7-10-18(11-8-15)31(28,29)25-16-5-3-2-4-6-16/h2-14,25H,1H3,(H,23,27)(H,24,26)/t14-/m1/s1. The lowest BCUT2D eigenvalue weighted by atomic mass is 10.2. The molecule has 1 aliphatic rings. The zero-order valence-electron chi connectivity index (χ0n) is 16.5. The number of thioether (sulfide) groups is 1. The lowest BCUT2D eigenvalue weighted by molar-refractivity contribution is -0.115. The second-order valence-corrected chi connectivity index (χ2v) is 9.98. The molecule has 3 aromatic carbocycles. The third-order valence-electron chi connectivity index (χ3n) is 4.62. The summed E-state index contributed by atoms with van der Waals surface area (Å²) in [7, 11) is -3.76. The summed E-state index contributed by atoms with van der Waals surface area (Å²) in [5.41, 5.74) is 1.95. The zero-order valence-corrected chi connectivity index (χ0v) is 18.1. The Morgan fingerprint density at radius 1 is 0.968 bits per heavy atom. The van der Waals surface area contributed by atoms with E-state index in [-0.39, 0.29) is 22.0 Å². The molecule has 3 aromatic rings. The van der Waals surface area contributed by atoms with Crippen LogP contribution in [-0.2, 0) is 14.8 Å². The second kappa shape index (κ2) is 8.44. The van der Waals surface area contributed by atoms with Gasteiger partial charge in [0, 0.05) is 21.8 Å². The maximum Gasteiger partial charge on any atom is 0.261 e. The number of nitrogens with one attached hydrogen (secondary N) is 3. The number of para-hydroxylation sites is 1. The molecule has 0 aromatic heterocycles. The van der Waals surface area contributed by atoms with Gasteiger partial charge in [-0.2, -0.15) is 0 Å². The molecule has 4 rings (SSSR count). The van der Waals surface area contributed by atoms with Crippen LogP contribution >= 0.6 is 11.8 Å². The maximum atomic E-state index is 12.6. The van der Waals surface area contributed by atoms with E-state index in [1.807, 2.05) is 13.0 Å². The highest BCUT2D eigenvalue weighted by molar-refractivity contribution is 8.01. The number of carbonyl (C=O) groups is 2. The van der Waals surface area contributed by atoms with Crippen LogP contribution in [-0.4, -0.2) is 25.5 Å². The van der Waals surface area contributed by atoms with Gasteiger partial charge in [-0.1, -0.05) is 18.2 Å². The monoisotopic (exact) mass is 453 g/mol. The first-order chi connectivity index (χ1) is 14.8. The summed E-state index contributed by atoms with van der Waals surface area (Å²) in [5, 5.41) is 5.42. The van der Waals surface area contributed by atoms with Crippen molar-refractivity contribution in [3.05, 3.63) is 78.4 Å². The van der Waals surface area contributed by atoms with Crippen molar-refractivity contribution in [2.24, 2.45) is 0 Å². The average Bonchev–Trinajstić information content (AvgIpc) is 2.75. The molecule has 31 heavy (non-hydrogen) atoms. The number of sulfonamides is 1. The summed E-state index contributed by atoms with van der Waals surface area (Å²) in [6.45, 7) is 1.83. The fourth-order valence-corrected chi connectivity index (χ4v) is 4.98. The van der Waals surface area contributed by atoms with Crippen LogP contribution in [0.2, 0.25) is 0 Å². The third-order valence-corrected chi connectivity index (χ3v) is 7.20. The third kappa shape index (κ3) is 4.73. The molecular weight excluding hydrogens is 434 g/mol. The number of hydrogen-bond donors (Lipinski definition) is 3. The van der Waals surface area contributed by atoms with Gasteiger partial charge in [-0.15, -0.1) is 11.8 Å². The highest BCUT2D eigenvalue weighted by Gasteiger charge is 2.23. The van der Waals surface area contributed by atoms with Crippen molar-refractivity contribution in [3.8, 4) is 0 Å². The van der Waals surface area contributed by atoms with Gasteiger partial charge in [0.15, 0.2) is 0 Å². The van der Waals surface area contributed by atoms with Crippen molar-refractivity contribution in [2.75, 3.05) is 15.4 Å². The Balaban J connectivity index is 1.46. The SMILES string of the molecule is C[C@H]1Sc2ccc(NC(=O)c3ccc(S(=O)(=O)Nc4ccccc4)cc3)cc2NC1=O. The lowest BCUT2D eigenvalue weighted by Gasteiger charge is -2.22. The van der Waals surface area contributed by atoms with Crippen LogP contribution in [0.15, 0.2) is 82.6 Å². The van der Waals surface area contributed by atoms with Gasteiger partial charge >= 0.3 is 0 Å². The molecule has 7 nitrogen and oxygen atoms in total. The molecule has 3 N–H and O–H groups in total. The fourth-order valence-electron chi connectivity index (χ4n) is 3.00. The molecule has 1 heterocycles. The Labute approximate surface area is 184 Å². The molecule has 0 saturated heterocycles. The summed E-state index contributed by atoms with van der Waals surface area (Å²) in [6.07, 6.45) is 0. The Kier molecular flexibility index (Phi) is 5.71. The van der Waals surface area contributed by atoms with E-state index in [1.165, 1.54) is 36.0 Å². The van der Waals surface area contributed by atoms with Crippen molar-refractivity contribution in [1.82, 2.24) is 0 Å². The van der Waals surface area contributed by atoms with Gasteiger partial charge in [-0.3, -0.25) is 14.3 Å². The molecule has 1 aliphatic heterocycles. The van der Waals surface area contributed by atoms with Crippen molar-refractivity contribution in [1.29, 1.82) is 0 Å². The summed E-state index contributed by atoms with van der Waals surface area (Å²) in [6, 6.07) is 19.5. The van der Waals surface area contributed by atoms with Gasteiger partial charge in [0.25, 0.3) is 15.9 Å². The second-order valence-electron chi connectivity index (χ2n) is 6.91. The first-order valence-corrected chi connectivity index (χ1v) is 11.8. The molecule has 158 valence electrons. The highest BCUT2D eigenvalue weighted by Crippen LogP contribution is 2.37. The number of amides is 2. The largest absolute Gasteiger partial charge is 0.324 e. The number of fused-ring (bicyclic) bond motifs is 1. The Morgan fingerprint density at radius 3 is 2.39 bits per heavy atom. The molecule has 0 fully saturated rings. The summed E-state index contributed by atoms with van der Waals surface area (Å²) in [5.74, 6) is -0.468. The minimum absolute atomic E-state index is 0.0514. The van der Waals surface area contributed by atoms with E-state index >= 15 is 0 Å². The van der Waals surface area contributed by atoms with Gasteiger partial charge in [0.1, 0.15) is 0 Å². The number of hydrogen-bond acceptors (Lipinski definition) is 5. The highest BCUT2D eigenvalue weighted by atomic mass is 32.2. The van der Waals surface area contributed by atoms with Crippen molar-refractivity contribution in [2.45, 2.75) is 22.0 Å². The van der Waals surface area contributed by atoms with Crippen LogP contribution in [0.4, 0.5) is 17.1 Å². The number of benzene rings is 3. The Morgan fingerprint density at radius 2 is 1.68 bits per heavy atom. The minimum Gasteiger partial charge on any atom is -0.324 e. The van der Waals surface area contributed by atoms with E-state index in [1.54, 1.807) is 42.5 Å².